The van der Waals surface area contributed by atoms with Gasteiger partial charge in [0.15, 0.2) is 0 Å². The molecule has 1 atom stereocenters. The topological polar surface area (TPSA) is 88.2 Å². The molecular formula is C12H21N3O2S. The van der Waals surface area contributed by atoms with E-state index in [0.717, 1.165) is 5.01 Å². The Labute approximate surface area is 111 Å². The normalized spacial score (nSPS) is 13.4. The van der Waals surface area contributed by atoms with E-state index in [0.29, 0.717) is 18.7 Å². The van der Waals surface area contributed by atoms with E-state index in [1.54, 1.807) is 5.38 Å². The molecule has 0 aliphatic heterocycles. The number of nitrogens with two attached hydrogens (primary N) is 1. The molecule has 0 radical (unpaired) electrons. The molecule has 1 unspecified atom stereocenters. The van der Waals surface area contributed by atoms with Crippen molar-refractivity contribution in [1.29, 1.82) is 0 Å². The van der Waals surface area contributed by atoms with Crippen molar-refractivity contribution in [2.75, 3.05) is 6.54 Å². The van der Waals surface area contributed by atoms with Crippen LogP contribution in [0.25, 0.3) is 0 Å². The summed E-state index contributed by atoms with van der Waals surface area (Å²) >= 11 is 1.36. The Morgan fingerprint density at radius 3 is 2.78 bits per heavy atom. The molecule has 0 aliphatic carbocycles. The molecule has 0 aliphatic rings. The van der Waals surface area contributed by atoms with Crippen molar-refractivity contribution in [3.05, 3.63) is 16.1 Å². The number of nitrogens with one attached hydrogen (secondary N) is 1. The third kappa shape index (κ3) is 5.12. The van der Waals surface area contributed by atoms with Gasteiger partial charge in [-0.05, 0) is 11.8 Å². The van der Waals surface area contributed by atoms with Crippen molar-refractivity contribution in [2.45, 2.75) is 39.8 Å². The molecule has 102 valence electrons. The summed E-state index contributed by atoms with van der Waals surface area (Å²) in [5.74, 6) is -0.265. The fraction of sp³-hybridized carbons (Fsp3) is 0.667. The third-order valence-corrected chi connectivity index (χ3v) is 3.18. The van der Waals surface area contributed by atoms with Gasteiger partial charge in [0.25, 0.3) is 5.91 Å². The van der Waals surface area contributed by atoms with Crippen molar-refractivity contribution >= 4 is 17.2 Å². The summed E-state index contributed by atoms with van der Waals surface area (Å²) in [5.41, 5.74) is 5.83. The molecule has 0 bridgehead atoms. The fourth-order valence-corrected chi connectivity index (χ4v) is 2.24. The molecule has 1 aromatic heterocycles. The maximum absolute atomic E-state index is 11.7. The van der Waals surface area contributed by atoms with Gasteiger partial charge in [-0.2, -0.15) is 0 Å². The summed E-state index contributed by atoms with van der Waals surface area (Å²) in [6, 6.07) is 0. The second-order valence-electron chi connectivity index (χ2n) is 5.46. The van der Waals surface area contributed by atoms with Gasteiger partial charge in [0.2, 0.25) is 0 Å². The molecule has 0 aromatic carbocycles. The van der Waals surface area contributed by atoms with E-state index in [2.05, 4.69) is 10.3 Å². The molecule has 0 saturated heterocycles. The lowest BCUT2D eigenvalue weighted by Crippen LogP contribution is -2.34. The first-order chi connectivity index (χ1) is 8.31. The number of rotatable bonds is 5. The zero-order chi connectivity index (χ0) is 13.8. The number of nitrogens with zero attached hydrogens (tertiary/aromatic N) is 1. The summed E-state index contributed by atoms with van der Waals surface area (Å²) in [7, 11) is 0. The molecule has 1 aromatic rings. The molecule has 4 N–H and O–H groups in total. The molecule has 1 heterocycles. The Balaban J connectivity index is 2.41. The first kappa shape index (κ1) is 15.1. The second-order valence-corrected chi connectivity index (χ2v) is 6.40. The van der Waals surface area contributed by atoms with Crippen LogP contribution in [0.4, 0.5) is 0 Å². The standard InChI is InChI=1S/C12H21N3O2S/c1-12(2,3)4-8(16)6-14-11(17)9-7-18-10(5-13)15-9/h7-8,16H,4-6,13H2,1-3H3,(H,14,17). The second kappa shape index (κ2) is 6.26. The predicted octanol–water partition coefficient (Wildman–Crippen LogP) is 1.13. The van der Waals surface area contributed by atoms with Crippen LogP contribution in [0.3, 0.4) is 0 Å². The SMILES string of the molecule is CC(C)(C)CC(O)CNC(=O)c1csc(CN)n1. The van der Waals surface area contributed by atoms with Crippen molar-refractivity contribution in [1.82, 2.24) is 10.3 Å². The van der Waals surface area contributed by atoms with Crippen LogP contribution in [-0.2, 0) is 6.54 Å². The maximum Gasteiger partial charge on any atom is 0.270 e. The van der Waals surface area contributed by atoms with Crippen LogP contribution in [-0.4, -0.2) is 28.6 Å². The average molecular weight is 271 g/mol. The van der Waals surface area contributed by atoms with E-state index in [4.69, 9.17) is 5.73 Å². The fourth-order valence-electron chi connectivity index (χ4n) is 1.59. The monoisotopic (exact) mass is 271 g/mol. The van der Waals surface area contributed by atoms with Gasteiger partial charge in [-0.15, -0.1) is 11.3 Å². The summed E-state index contributed by atoms with van der Waals surface area (Å²) in [6.45, 7) is 6.72. The molecule has 0 spiro atoms. The van der Waals surface area contributed by atoms with Gasteiger partial charge in [-0.25, -0.2) is 4.98 Å². The van der Waals surface area contributed by atoms with Crippen LogP contribution < -0.4 is 11.1 Å². The first-order valence-corrected chi connectivity index (χ1v) is 6.80. The van der Waals surface area contributed by atoms with Crippen molar-refractivity contribution < 1.29 is 9.90 Å². The van der Waals surface area contributed by atoms with Crippen LogP contribution >= 0.6 is 11.3 Å². The lowest BCUT2D eigenvalue weighted by atomic mass is 9.89. The average Bonchev–Trinajstić information content (AvgIpc) is 2.72. The zero-order valence-corrected chi connectivity index (χ0v) is 11.9. The predicted molar refractivity (Wildman–Crippen MR) is 72.4 cm³/mol. The summed E-state index contributed by atoms with van der Waals surface area (Å²) in [5, 5.41) is 14.9. The largest absolute Gasteiger partial charge is 0.391 e. The van der Waals surface area contributed by atoms with Crippen molar-refractivity contribution in [2.24, 2.45) is 11.1 Å². The summed E-state index contributed by atoms with van der Waals surface area (Å²) in [4.78, 5) is 15.8. The minimum Gasteiger partial charge on any atom is -0.391 e. The van der Waals surface area contributed by atoms with Crippen LogP contribution in [0.1, 0.15) is 42.7 Å². The minimum atomic E-state index is -0.540. The summed E-state index contributed by atoms with van der Waals surface area (Å²) in [6.07, 6.45) is 0.0971. The Morgan fingerprint density at radius 1 is 1.61 bits per heavy atom. The van der Waals surface area contributed by atoms with Gasteiger partial charge in [0.1, 0.15) is 10.7 Å². The highest BCUT2D eigenvalue weighted by Gasteiger charge is 2.18. The van der Waals surface area contributed by atoms with E-state index in [9.17, 15) is 9.90 Å². The van der Waals surface area contributed by atoms with Gasteiger partial charge in [-0.1, -0.05) is 20.8 Å². The molecule has 1 amide bonds. The van der Waals surface area contributed by atoms with Gasteiger partial charge in [0, 0.05) is 18.5 Å². The number of carbonyl (C=O) groups is 1. The van der Waals surface area contributed by atoms with Crippen molar-refractivity contribution in [3.63, 3.8) is 0 Å². The Kier molecular flexibility index (Phi) is 5.25. The molecule has 6 heteroatoms. The van der Waals surface area contributed by atoms with Gasteiger partial charge >= 0.3 is 0 Å². The molecule has 5 nitrogen and oxygen atoms in total. The highest BCUT2D eigenvalue weighted by Crippen LogP contribution is 2.20. The van der Waals surface area contributed by atoms with Crippen LogP contribution in [0.2, 0.25) is 0 Å². The first-order valence-electron chi connectivity index (χ1n) is 5.92. The third-order valence-electron chi connectivity index (χ3n) is 2.31. The van der Waals surface area contributed by atoms with Crippen LogP contribution in [0.5, 0.6) is 0 Å². The number of thiazole rings is 1. The Hall–Kier alpha value is -0.980. The van der Waals surface area contributed by atoms with E-state index in [-0.39, 0.29) is 17.9 Å². The van der Waals surface area contributed by atoms with E-state index in [1.165, 1.54) is 11.3 Å². The van der Waals surface area contributed by atoms with E-state index < -0.39 is 6.10 Å². The molecule has 1 rings (SSSR count). The number of hydrogen-bond acceptors (Lipinski definition) is 5. The number of aromatic nitrogens is 1. The molecule has 0 fully saturated rings. The highest BCUT2D eigenvalue weighted by molar-refractivity contribution is 7.09. The number of carbonyl (C=O) groups excluding carboxylic acids is 1. The number of amides is 1. The van der Waals surface area contributed by atoms with Gasteiger partial charge in [0.05, 0.1) is 6.10 Å². The van der Waals surface area contributed by atoms with E-state index in [1.807, 2.05) is 20.8 Å². The van der Waals surface area contributed by atoms with Gasteiger partial charge in [-0.3, -0.25) is 4.79 Å². The van der Waals surface area contributed by atoms with Crippen LogP contribution in [0, 0.1) is 5.41 Å². The Morgan fingerprint density at radius 2 is 2.28 bits per heavy atom. The lowest BCUT2D eigenvalue weighted by Gasteiger charge is -2.22. The minimum absolute atomic E-state index is 0.0392. The van der Waals surface area contributed by atoms with Crippen LogP contribution in [0.15, 0.2) is 5.38 Å². The molecule has 0 saturated carbocycles. The molecule has 18 heavy (non-hydrogen) atoms. The maximum atomic E-state index is 11.7. The Bertz CT molecular complexity index is 398. The molecular weight excluding hydrogens is 250 g/mol. The van der Waals surface area contributed by atoms with E-state index >= 15 is 0 Å². The number of hydrogen-bond donors (Lipinski definition) is 3. The van der Waals surface area contributed by atoms with Crippen molar-refractivity contribution in [3.8, 4) is 0 Å². The number of aliphatic hydroxyl groups excluding tert-OH is 1. The lowest BCUT2D eigenvalue weighted by molar-refractivity contribution is 0.0864. The quantitative estimate of drug-likeness (QED) is 0.749. The van der Waals surface area contributed by atoms with Gasteiger partial charge < -0.3 is 16.2 Å². The smallest absolute Gasteiger partial charge is 0.270 e. The summed E-state index contributed by atoms with van der Waals surface area (Å²) < 4.78 is 0. The number of aliphatic hydroxyl groups is 1. The zero-order valence-electron chi connectivity index (χ0n) is 11.1. The highest BCUT2D eigenvalue weighted by atomic mass is 32.1.